The number of hydrogen-bond donors (Lipinski definition) is 2. The van der Waals surface area contributed by atoms with Crippen molar-refractivity contribution in [2.45, 2.75) is 31.8 Å². The Bertz CT molecular complexity index is 1060. The van der Waals surface area contributed by atoms with Crippen LogP contribution in [0.5, 0.6) is 0 Å². The Morgan fingerprint density at radius 2 is 1.62 bits per heavy atom. The van der Waals surface area contributed by atoms with E-state index in [2.05, 4.69) is 47.0 Å². The van der Waals surface area contributed by atoms with E-state index in [1.54, 1.807) is 23.1 Å². The molecule has 1 atom stereocenters. The van der Waals surface area contributed by atoms with Gasteiger partial charge in [-0.3, -0.25) is 4.79 Å². The third kappa shape index (κ3) is 3.82. The number of anilines is 2. The standard InChI is InChI=1S/C21H26N4O3S/c1-14-5-7-19-17(12-14)22-20(23-29(19,27)28)21(26)25-10-8-24(9-11-25)18-13-15(2)4-6-16(18)3/h4-7,12-13,20,22-23H,8-11H2,1-3H3/t20-/m0/s1. The smallest absolute Gasteiger partial charge is 0.261 e. The van der Waals surface area contributed by atoms with Crippen LogP contribution in [0.25, 0.3) is 0 Å². The Hall–Kier alpha value is -2.58. The van der Waals surface area contributed by atoms with Gasteiger partial charge in [-0.2, -0.15) is 4.72 Å². The molecule has 7 nitrogen and oxygen atoms in total. The summed E-state index contributed by atoms with van der Waals surface area (Å²) < 4.78 is 27.6. The van der Waals surface area contributed by atoms with E-state index in [1.807, 2.05) is 6.92 Å². The molecule has 0 aromatic heterocycles. The third-order valence-electron chi connectivity index (χ3n) is 5.54. The molecule has 1 saturated heterocycles. The fraction of sp³-hybridized carbons (Fsp3) is 0.381. The number of nitrogens with one attached hydrogen (secondary N) is 2. The summed E-state index contributed by atoms with van der Waals surface area (Å²) in [7, 11) is -3.73. The fourth-order valence-corrected chi connectivity index (χ4v) is 5.17. The van der Waals surface area contributed by atoms with Crippen molar-refractivity contribution in [1.29, 1.82) is 0 Å². The van der Waals surface area contributed by atoms with Gasteiger partial charge in [0, 0.05) is 31.9 Å². The van der Waals surface area contributed by atoms with Gasteiger partial charge < -0.3 is 15.1 Å². The van der Waals surface area contributed by atoms with Crippen LogP contribution >= 0.6 is 0 Å². The SMILES string of the molecule is Cc1ccc2c(c1)N[C@H](C(=O)N1CCN(c3cc(C)ccc3C)CC1)NS2(=O)=O. The average molecular weight is 415 g/mol. The number of benzene rings is 2. The summed E-state index contributed by atoms with van der Waals surface area (Å²) in [5.74, 6) is -0.249. The van der Waals surface area contributed by atoms with Gasteiger partial charge in [-0.15, -0.1) is 0 Å². The normalized spacial score (nSPS) is 20.7. The molecular weight excluding hydrogens is 388 g/mol. The quantitative estimate of drug-likeness (QED) is 0.786. The lowest BCUT2D eigenvalue weighted by Gasteiger charge is -2.39. The number of nitrogens with zero attached hydrogens (tertiary/aromatic N) is 2. The molecule has 2 aliphatic rings. The molecule has 4 rings (SSSR count). The van der Waals surface area contributed by atoms with Crippen LogP contribution in [0.2, 0.25) is 0 Å². The molecule has 1 fully saturated rings. The molecular formula is C21H26N4O3S. The van der Waals surface area contributed by atoms with Crippen LogP contribution in [-0.4, -0.2) is 51.6 Å². The third-order valence-corrected chi connectivity index (χ3v) is 7.02. The van der Waals surface area contributed by atoms with Crippen LogP contribution in [0.15, 0.2) is 41.3 Å². The van der Waals surface area contributed by atoms with Crippen LogP contribution < -0.4 is 14.9 Å². The van der Waals surface area contributed by atoms with E-state index in [4.69, 9.17) is 0 Å². The highest BCUT2D eigenvalue weighted by Gasteiger charge is 2.36. The molecule has 0 aliphatic carbocycles. The van der Waals surface area contributed by atoms with Crippen molar-refractivity contribution in [3.63, 3.8) is 0 Å². The lowest BCUT2D eigenvalue weighted by atomic mass is 10.1. The Labute approximate surface area is 171 Å². The molecule has 2 aliphatic heterocycles. The second-order valence-electron chi connectivity index (χ2n) is 7.80. The minimum Gasteiger partial charge on any atom is -0.368 e. The number of rotatable bonds is 2. The first kappa shape index (κ1) is 19.7. The van der Waals surface area contributed by atoms with E-state index in [0.29, 0.717) is 31.9 Å². The van der Waals surface area contributed by atoms with E-state index in [-0.39, 0.29) is 10.8 Å². The highest BCUT2D eigenvalue weighted by Crippen LogP contribution is 2.28. The zero-order valence-corrected chi connectivity index (χ0v) is 17.7. The second kappa shape index (κ2) is 7.35. The first-order valence-corrected chi connectivity index (χ1v) is 11.2. The summed E-state index contributed by atoms with van der Waals surface area (Å²) in [6.45, 7) is 8.57. The highest BCUT2D eigenvalue weighted by atomic mass is 32.2. The summed E-state index contributed by atoms with van der Waals surface area (Å²) >= 11 is 0. The van der Waals surface area contributed by atoms with E-state index in [9.17, 15) is 13.2 Å². The van der Waals surface area contributed by atoms with Gasteiger partial charge in [-0.05, 0) is 55.7 Å². The molecule has 29 heavy (non-hydrogen) atoms. The monoisotopic (exact) mass is 414 g/mol. The lowest BCUT2D eigenvalue weighted by molar-refractivity contribution is -0.132. The van der Waals surface area contributed by atoms with Crippen molar-refractivity contribution in [3.05, 3.63) is 53.1 Å². The van der Waals surface area contributed by atoms with Crippen molar-refractivity contribution in [1.82, 2.24) is 9.62 Å². The number of carbonyl (C=O) groups is 1. The summed E-state index contributed by atoms with van der Waals surface area (Å²) in [5, 5.41) is 3.05. The Morgan fingerprint density at radius 3 is 2.34 bits per heavy atom. The Morgan fingerprint density at radius 1 is 0.966 bits per heavy atom. The van der Waals surface area contributed by atoms with Crippen molar-refractivity contribution >= 4 is 27.3 Å². The topological polar surface area (TPSA) is 81.8 Å². The van der Waals surface area contributed by atoms with E-state index >= 15 is 0 Å². The number of hydrogen-bond acceptors (Lipinski definition) is 5. The van der Waals surface area contributed by atoms with Gasteiger partial charge in [0.15, 0.2) is 6.17 Å². The predicted molar refractivity (Wildman–Crippen MR) is 114 cm³/mol. The van der Waals surface area contributed by atoms with E-state index < -0.39 is 16.2 Å². The first-order chi connectivity index (χ1) is 13.7. The van der Waals surface area contributed by atoms with Gasteiger partial charge in [0.2, 0.25) is 10.0 Å². The van der Waals surface area contributed by atoms with Crippen LogP contribution in [0.3, 0.4) is 0 Å². The lowest BCUT2D eigenvalue weighted by Crippen LogP contribution is -2.58. The average Bonchev–Trinajstić information content (AvgIpc) is 2.68. The summed E-state index contributed by atoms with van der Waals surface area (Å²) in [5.41, 5.74) is 5.01. The number of piperazine rings is 1. The van der Waals surface area contributed by atoms with Crippen molar-refractivity contribution in [2.24, 2.45) is 0 Å². The van der Waals surface area contributed by atoms with Gasteiger partial charge >= 0.3 is 0 Å². The maximum absolute atomic E-state index is 13.0. The molecule has 0 spiro atoms. The number of sulfonamides is 1. The van der Waals surface area contributed by atoms with Crippen molar-refractivity contribution < 1.29 is 13.2 Å². The largest absolute Gasteiger partial charge is 0.368 e. The molecule has 0 saturated carbocycles. The number of aryl methyl sites for hydroxylation is 3. The van der Waals surface area contributed by atoms with E-state index in [0.717, 1.165) is 5.56 Å². The predicted octanol–water partition coefficient (Wildman–Crippen LogP) is 1.99. The summed E-state index contributed by atoms with van der Waals surface area (Å²) in [4.78, 5) is 17.2. The molecule has 1 amide bonds. The van der Waals surface area contributed by atoms with Gasteiger partial charge in [-0.1, -0.05) is 18.2 Å². The molecule has 2 N–H and O–H groups in total. The fourth-order valence-electron chi connectivity index (χ4n) is 3.92. The second-order valence-corrected chi connectivity index (χ2v) is 9.48. The first-order valence-electron chi connectivity index (χ1n) is 9.75. The Balaban J connectivity index is 1.47. The summed E-state index contributed by atoms with van der Waals surface area (Å²) in [6.07, 6.45) is -0.985. The molecule has 154 valence electrons. The summed E-state index contributed by atoms with van der Waals surface area (Å²) in [6, 6.07) is 11.4. The molecule has 2 aromatic rings. The van der Waals surface area contributed by atoms with Crippen molar-refractivity contribution in [3.8, 4) is 0 Å². The maximum Gasteiger partial charge on any atom is 0.261 e. The molecule has 8 heteroatoms. The van der Waals surface area contributed by atoms with Crippen LogP contribution in [0.4, 0.5) is 11.4 Å². The van der Waals surface area contributed by atoms with Gasteiger partial charge in [-0.25, -0.2) is 8.42 Å². The number of fused-ring (bicyclic) bond motifs is 1. The zero-order chi connectivity index (χ0) is 20.8. The molecule has 2 heterocycles. The number of amides is 1. The molecule has 2 aromatic carbocycles. The zero-order valence-electron chi connectivity index (χ0n) is 16.9. The highest BCUT2D eigenvalue weighted by molar-refractivity contribution is 7.89. The van der Waals surface area contributed by atoms with Crippen LogP contribution in [0, 0.1) is 20.8 Å². The minimum atomic E-state index is -3.73. The molecule has 0 bridgehead atoms. The van der Waals surface area contributed by atoms with Crippen LogP contribution in [-0.2, 0) is 14.8 Å². The minimum absolute atomic E-state index is 0.173. The van der Waals surface area contributed by atoms with Gasteiger partial charge in [0.05, 0.1) is 5.69 Å². The van der Waals surface area contributed by atoms with Gasteiger partial charge in [0.1, 0.15) is 4.90 Å². The molecule has 0 unspecified atom stereocenters. The van der Waals surface area contributed by atoms with Gasteiger partial charge in [0.25, 0.3) is 5.91 Å². The maximum atomic E-state index is 13.0. The van der Waals surface area contributed by atoms with Crippen LogP contribution in [0.1, 0.15) is 16.7 Å². The number of carbonyl (C=O) groups excluding carboxylic acids is 1. The Kier molecular flexibility index (Phi) is 5.00. The van der Waals surface area contributed by atoms with Crippen molar-refractivity contribution in [2.75, 3.05) is 36.4 Å². The van der Waals surface area contributed by atoms with E-state index in [1.165, 1.54) is 16.8 Å². The molecule has 0 radical (unpaired) electrons.